The van der Waals surface area contributed by atoms with Crippen molar-refractivity contribution in [2.75, 3.05) is 6.61 Å². The highest BCUT2D eigenvalue weighted by Crippen LogP contribution is 2.35. The fraction of sp³-hybridized carbons (Fsp3) is 0.0952. The number of phenolic OH excluding ortho intramolecular Hbond substituents is 1. The number of carbonyl (C=O) groups excluding carboxylic acids is 1. The lowest BCUT2D eigenvalue weighted by Crippen LogP contribution is -2.20. The average Bonchev–Trinajstić information content (AvgIpc) is 2.65. The van der Waals surface area contributed by atoms with Gasteiger partial charge in [-0.1, -0.05) is 59.6 Å². The molecule has 0 unspecified atom stereocenters. The molecule has 0 radical (unpaired) electrons. The van der Waals surface area contributed by atoms with Crippen LogP contribution in [0.5, 0.6) is 11.5 Å². The monoisotopic (exact) mass is 401 g/mol. The summed E-state index contributed by atoms with van der Waals surface area (Å²) in [5.74, 6) is 0.00410. The zero-order valence-electron chi connectivity index (χ0n) is 14.3. The number of carbonyl (C=O) groups is 1. The molecule has 0 aliphatic carbocycles. The van der Waals surface area contributed by atoms with Gasteiger partial charge in [0, 0.05) is 22.0 Å². The Kier molecular flexibility index (Phi) is 5.89. The number of hydrogen-bond acceptors (Lipinski definition) is 3. The van der Waals surface area contributed by atoms with Crippen LogP contribution in [-0.4, -0.2) is 17.6 Å². The standard InChI is InChI=1S/C21H17Cl2NO3/c22-18-10-15(27-12-21(24)26)11-19(23)17(18)9-13-6-7-20(25)16(8-13)14-4-2-1-3-5-14/h1-8,10-11,25H,9,12H2,(H2,24,26). The van der Waals surface area contributed by atoms with Gasteiger partial charge in [0.15, 0.2) is 6.61 Å². The number of amides is 1. The molecule has 0 saturated heterocycles. The van der Waals surface area contributed by atoms with Crippen molar-refractivity contribution in [2.45, 2.75) is 6.42 Å². The molecule has 3 aromatic rings. The molecule has 3 aromatic carbocycles. The molecule has 27 heavy (non-hydrogen) atoms. The number of benzene rings is 3. The number of rotatable bonds is 6. The van der Waals surface area contributed by atoms with Crippen molar-refractivity contribution in [3.63, 3.8) is 0 Å². The van der Waals surface area contributed by atoms with Gasteiger partial charge >= 0.3 is 0 Å². The van der Waals surface area contributed by atoms with Gasteiger partial charge in [-0.2, -0.15) is 0 Å². The second-order valence-corrected chi connectivity index (χ2v) is 6.83. The highest BCUT2D eigenvalue weighted by Gasteiger charge is 2.12. The Bertz CT molecular complexity index is 951. The van der Waals surface area contributed by atoms with E-state index in [9.17, 15) is 9.90 Å². The van der Waals surface area contributed by atoms with Crippen molar-refractivity contribution >= 4 is 29.1 Å². The molecule has 3 N–H and O–H groups in total. The zero-order chi connectivity index (χ0) is 19.4. The Labute approximate surface area is 167 Å². The molecular formula is C21H17Cl2NO3. The van der Waals surface area contributed by atoms with E-state index < -0.39 is 5.91 Å². The van der Waals surface area contributed by atoms with Crippen LogP contribution in [0.4, 0.5) is 0 Å². The molecule has 0 saturated carbocycles. The highest BCUT2D eigenvalue weighted by molar-refractivity contribution is 6.36. The summed E-state index contributed by atoms with van der Waals surface area (Å²) in [7, 11) is 0. The first-order chi connectivity index (χ1) is 12.9. The Morgan fingerprint density at radius 2 is 1.67 bits per heavy atom. The third kappa shape index (κ3) is 4.73. The number of hydrogen-bond donors (Lipinski definition) is 2. The number of ether oxygens (including phenoxy) is 1. The topological polar surface area (TPSA) is 72.6 Å². The summed E-state index contributed by atoms with van der Waals surface area (Å²) in [5, 5.41) is 11.1. The fourth-order valence-corrected chi connectivity index (χ4v) is 3.33. The summed E-state index contributed by atoms with van der Waals surface area (Å²) < 4.78 is 5.25. The molecule has 0 aliphatic heterocycles. The Balaban J connectivity index is 1.88. The van der Waals surface area contributed by atoms with Gasteiger partial charge in [0.05, 0.1) is 0 Å². The van der Waals surface area contributed by atoms with E-state index >= 15 is 0 Å². The highest BCUT2D eigenvalue weighted by atomic mass is 35.5. The van der Waals surface area contributed by atoms with Crippen LogP contribution in [0, 0.1) is 0 Å². The van der Waals surface area contributed by atoms with Gasteiger partial charge in [-0.05, 0) is 41.0 Å². The predicted octanol–water partition coefficient (Wildman–Crippen LogP) is 4.82. The lowest BCUT2D eigenvalue weighted by molar-refractivity contribution is -0.119. The second kappa shape index (κ2) is 8.33. The van der Waals surface area contributed by atoms with E-state index in [1.165, 1.54) is 0 Å². The molecular weight excluding hydrogens is 385 g/mol. The van der Waals surface area contributed by atoms with Gasteiger partial charge in [-0.25, -0.2) is 0 Å². The number of halogens is 2. The molecule has 0 fully saturated rings. The molecule has 0 heterocycles. The molecule has 0 bridgehead atoms. The summed E-state index contributed by atoms with van der Waals surface area (Å²) in [6.45, 7) is -0.246. The smallest absolute Gasteiger partial charge is 0.255 e. The van der Waals surface area contributed by atoms with Gasteiger partial charge in [-0.15, -0.1) is 0 Å². The van der Waals surface area contributed by atoms with Crippen LogP contribution in [0.1, 0.15) is 11.1 Å². The minimum absolute atomic E-state index is 0.206. The van der Waals surface area contributed by atoms with Crippen LogP contribution in [0.25, 0.3) is 11.1 Å². The van der Waals surface area contributed by atoms with E-state index in [1.807, 2.05) is 42.5 Å². The number of primary amides is 1. The maximum absolute atomic E-state index is 10.8. The van der Waals surface area contributed by atoms with Gasteiger partial charge in [0.1, 0.15) is 11.5 Å². The molecule has 4 nitrogen and oxygen atoms in total. The lowest BCUT2D eigenvalue weighted by Gasteiger charge is -2.12. The van der Waals surface area contributed by atoms with Crippen LogP contribution in [-0.2, 0) is 11.2 Å². The third-order valence-electron chi connectivity index (χ3n) is 4.02. The van der Waals surface area contributed by atoms with E-state index in [1.54, 1.807) is 18.2 Å². The first-order valence-corrected chi connectivity index (χ1v) is 8.96. The van der Waals surface area contributed by atoms with E-state index in [4.69, 9.17) is 33.7 Å². The van der Waals surface area contributed by atoms with E-state index in [0.29, 0.717) is 22.2 Å². The molecule has 0 aliphatic rings. The molecule has 3 rings (SSSR count). The van der Waals surface area contributed by atoms with Gasteiger partial charge in [0.2, 0.25) is 0 Å². The molecule has 1 amide bonds. The normalized spacial score (nSPS) is 10.6. The van der Waals surface area contributed by atoms with E-state index in [0.717, 1.165) is 22.3 Å². The minimum atomic E-state index is -0.580. The lowest BCUT2D eigenvalue weighted by atomic mass is 9.98. The zero-order valence-corrected chi connectivity index (χ0v) is 15.8. The van der Waals surface area contributed by atoms with Crippen LogP contribution < -0.4 is 10.5 Å². The molecule has 6 heteroatoms. The van der Waals surface area contributed by atoms with Crippen molar-refractivity contribution in [3.05, 3.63) is 81.8 Å². The molecule has 0 aromatic heterocycles. The van der Waals surface area contributed by atoms with Crippen LogP contribution in [0.2, 0.25) is 10.0 Å². The summed E-state index contributed by atoms with van der Waals surface area (Å²) >= 11 is 12.7. The molecule has 0 spiro atoms. The Morgan fingerprint density at radius 1 is 1.00 bits per heavy atom. The maximum atomic E-state index is 10.8. The van der Waals surface area contributed by atoms with Crippen LogP contribution >= 0.6 is 23.2 Å². The fourth-order valence-electron chi connectivity index (χ4n) is 2.73. The van der Waals surface area contributed by atoms with Crippen LogP contribution in [0.15, 0.2) is 60.7 Å². The summed E-state index contributed by atoms with van der Waals surface area (Å²) in [5.41, 5.74) is 8.41. The first-order valence-electron chi connectivity index (χ1n) is 8.20. The van der Waals surface area contributed by atoms with Crippen molar-refractivity contribution < 1.29 is 14.6 Å². The summed E-state index contributed by atoms with van der Waals surface area (Å²) in [6.07, 6.45) is 0.480. The number of aromatic hydroxyl groups is 1. The quantitative estimate of drug-likeness (QED) is 0.621. The van der Waals surface area contributed by atoms with Crippen molar-refractivity contribution in [2.24, 2.45) is 5.73 Å². The second-order valence-electron chi connectivity index (χ2n) is 6.01. The predicted molar refractivity (Wildman–Crippen MR) is 108 cm³/mol. The van der Waals surface area contributed by atoms with Crippen molar-refractivity contribution in [3.8, 4) is 22.6 Å². The van der Waals surface area contributed by atoms with Gasteiger partial charge in [-0.3, -0.25) is 4.79 Å². The minimum Gasteiger partial charge on any atom is -0.507 e. The maximum Gasteiger partial charge on any atom is 0.255 e. The van der Waals surface area contributed by atoms with E-state index in [2.05, 4.69) is 0 Å². The Morgan fingerprint density at radius 3 is 2.30 bits per heavy atom. The third-order valence-corrected chi connectivity index (χ3v) is 4.70. The molecule has 138 valence electrons. The number of nitrogens with two attached hydrogens (primary N) is 1. The SMILES string of the molecule is NC(=O)COc1cc(Cl)c(Cc2ccc(O)c(-c3ccccc3)c2)c(Cl)c1. The number of phenols is 1. The van der Waals surface area contributed by atoms with Gasteiger partial charge < -0.3 is 15.6 Å². The first kappa shape index (κ1) is 19.1. The van der Waals surface area contributed by atoms with E-state index in [-0.39, 0.29) is 12.4 Å². The summed E-state index contributed by atoms with van der Waals surface area (Å²) in [4.78, 5) is 10.8. The van der Waals surface area contributed by atoms with Gasteiger partial charge in [0.25, 0.3) is 5.91 Å². The van der Waals surface area contributed by atoms with Crippen LogP contribution in [0.3, 0.4) is 0 Å². The largest absolute Gasteiger partial charge is 0.507 e. The van der Waals surface area contributed by atoms with Crippen molar-refractivity contribution in [1.29, 1.82) is 0 Å². The van der Waals surface area contributed by atoms with Crippen molar-refractivity contribution in [1.82, 2.24) is 0 Å². The molecule has 0 atom stereocenters. The Hall–Kier alpha value is -2.69. The summed E-state index contributed by atoms with van der Waals surface area (Å²) in [6, 6.07) is 18.2. The average molecular weight is 402 g/mol.